The van der Waals surface area contributed by atoms with E-state index in [1.807, 2.05) is 37.3 Å². The van der Waals surface area contributed by atoms with E-state index in [1.54, 1.807) is 12.1 Å². The maximum Gasteiger partial charge on any atom is 0.168 e. The molecule has 0 unspecified atom stereocenters. The van der Waals surface area contributed by atoms with Crippen molar-refractivity contribution in [3.05, 3.63) is 48.0 Å². The first-order chi connectivity index (χ1) is 11.5. The number of hydrogen-bond acceptors (Lipinski definition) is 4. The van der Waals surface area contributed by atoms with Crippen LogP contribution in [0.1, 0.15) is 5.56 Å². The molecule has 4 rings (SSSR count). The number of aromatic hydroxyl groups is 3. The standard InChI is InChI=1S/C20H16O4/c1-10-7-15-18(14-9-17(22)16(21)8-13(10)14)11-5-3-4-6-12(11)20(24-2)19(15)23/h3-9,21-23H,1-2H3. The Morgan fingerprint density at radius 1 is 0.750 bits per heavy atom. The van der Waals surface area contributed by atoms with Crippen molar-refractivity contribution in [1.29, 1.82) is 0 Å². The monoisotopic (exact) mass is 320 g/mol. The van der Waals surface area contributed by atoms with Gasteiger partial charge in [0.25, 0.3) is 0 Å². The molecule has 0 radical (unpaired) electrons. The van der Waals surface area contributed by atoms with E-state index in [4.69, 9.17) is 4.74 Å². The van der Waals surface area contributed by atoms with E-state index in [0.717, 1.165) is 32.5 Å². The number of hydrogen-bond donors (Lipinski definition) is 3. The van der Waals surface area contributed by atoms with Gasteiger partial charge < -0.3 is 20.1 Å². The summed E-state index contributed by atoms with van der Waals surface area (Å²) >= 11 is 0. The Morgan fingerprint density at radius 2 is 1.38 bits per heavy atom. The fraction of sp³-hybridized carbons (Fsp3) is 0.100. The highest BCUT2D eigenvalue weighted by Crippen LogP contribution is 2.47. The minimum Gasteiger partial charge on any atom is -0.504 e. The normalized spacial score (nSPS) is 11.4. The fourth-order valence-electron chi connectivity index (χ4n) is 3.45. The molecule has 120 valence electrons. The summed E-state index contributed by atoms with van der Waals surface area (Å²) in [5.74, 6) is 0.157. The van der Waals surface area contributed by atoms with Crippen LogP contribution in [0.4, 0.5) is 0 Å². The zero-order valence-corrected chi connectivity index (χ0v) is 13.3. The Bertz CT molecular complexity index is 1130. The summed E-state index contributed by atoms with van der Waals surface area (Å²) in [6, 6.07) is 12.6. The van der Waals surface area contributed by atoms with Crippen molar-refractivity contribution in [3.8, 4) is 23.0 Å². The molecule has 4 aromatic rings. The van der Waals surface area contributed by atoms with Crippen LogP contribution in [0.2, 0.25) is 0 Å². The Labute approximate surface area is 138 Å². The van der Waals surface area contributed by atoms with E-state index in [2.05, 4.69) is 0 Å². The molecule has 24 heavy (non-hydrogen) atoms. The van der Waals surface area contributed by atoms with Gasteiger partial charge in [-0.05, 0) is 46.8 Å². The second-order valence-electron chi connectivity index (χ2n) is 5.93. The lowest BCUT2D eigenvalue weighted by Gasteiger charge is -2.16. The Kier molecular flexibility index (Phi) is 2.97. The second-order valence-corrected chi connectivity index (χ2v) is 5.93. The van der Waals surface area contributed by atoms with Gasteiger partial charge in [0.05, 0.1) is 7.11 Å². The van der Waals surface area contributed by atoms with E-state index in [-0.39, 0.29) is 17.2 Å². The lowest BCUT2D eigenvalue weighted by Crippen LogP contribution is -1.91. The number of rotatable bonds is 1. The summed E-state index contributed by atoms with van der Waals surface area (Å²) in [5, 5.41) is 35.3. The number of phenols is 3. The van der Waals surface area contributed by atoms with Gasteiger partial charge in [-0.2, -0.15) is 0 Å². The molecule has 0 amide bonds. The topological polar surface area (TPSA) is 69.9 Å². The summed E-state index contributed by atoms with van der Waals surface area (Å²) < 4.78 is 5.42. The highest BCUT2D eigenvalue weighted by Gasteiger charge is 2.18. The molecule has 0 atom stereocenters. The molecule has 4 aromatic carbocycles. The third-order valence-electron chi connectivity index (χ3n) is 4.55. The quantitative estimate of drug-likeness (QED) is 0.355. The third-order valence-corrected chi connectivity index (χ3v) is 4.55. The zero-order chi connectivity index (χ0) is 17.0. The van der Waals surface area contributed by atoms with Gasteiger partial charge in [0, 0.05) is 16.2 Å². The van der Waals surface area contributed by atoms with Crippen molar-refractivity contribution in [2.45, 2.75) is 6.92 Å². The molecular formula is C20H16O4. The molecule has 0 aliphatic rings. The van der Waals surface area contributed by atoms with Gasteiger partial charge in [0.15, 0.2) is 23.0 Å². The van der Waals surface area contributed by atoms with E-state index in [9.17, 15) is 15.3 Å². The molecule has 0 heterocycles. The van der Waals surface area contributed by atoms with Gasteiger partial charge in [-0.1, -0.05) is 24.3 Å². The second kappa shape index (κ2) is 4.93. The maximum atomic E-state index is 10.7. The molecular weight excluding hydrogens is 304 g/mol. The smallest absolute Gasteiger partial charge is 0.168 e. The molecule has 0 aliphatic carbocycles. The highest BCUT2D eigenvalue weighted by molar-refractivity contribution is 6.24. The minimum atomic E-state index is -0.186. The molecule has 4 heteroatoms. The van der Waals surface area contributed by atoms with Crippen LogP contribution in [0.3, 0.4) is 0 Å². The first kappa shape index (κ1) is 14.5. The maximum absolute atomic E-state index is 10.7. The zero-order valence-electron chi connectivity index (χ0n) is 13.3. The van der Waals surface area contributed by atoms with E-state index in [1.165, 1.54) is 7.11 Å². The predicted octanol–water partition coefficient (Wildman–Crippen LogP) is 4.58. The van der Waals surface area contributed by atoms with Crippen molar-refractivity contribution >= 4 is 32.3 Å². The van der Waals surface area contributed by atoms with Crippen LogP contribution in [-0.2, 0) is 0 Å². The number of methoxy groups -OCH3 is 1. The molecule has 4 nitrogen and oxygen atoms in total. The average Bonchev–Trinajstić information content (AvgIpc) is 2.57. The number of ether oxygens (including phenoxy) is 1. The highest BCUT2D eigenvalue weighted by atomic mass is 16.5. The number of phenolic OH excluding ortho intramolecular Hbond substituents is 3. The van der Waals surface area contributed by atoms with Crippen molar-refractivity contribution in [2.24, 2.45) is 0 Å². The van der Waals surface area contributed by atoms with Gasteiger partial charge in [0.1, 0.15) is 0 Å². The lowest BCUT2D eigenvalue weighted by molar-refractivity contribution is 0.381. The van der Waals surface area contributed by atoms with Gasteiger partial charge in [0.2, 0.25) is 0 Å². The molecule has 0 saturated heterocycles. The Morgan fingerprint density at radius 3 is 2.04 bits per heavy atom. The molecule has 3 N–H and O–H groups in total. The molecule has 0 spiro atoms. The van der Waals surface area contributed by atoms with Gasteiger partial charge in [-0.3, -0.25) is 0 Å². The summed E-state index contributed by atoms with van der Waals surface area (Å²) in [4.78, 5) is 0. The number of aryl methyl sites for hydroxylation is 1. The van der Waals surface area contributed by atoms with Gasteiger partial charge in [-0.15, -0.1) is 0 Å². The first-order valence-corrected chi connectivity index (χ1v) is 7.59. The van der Waals surface area contributed by atoms with E-state index < -0.39 is 0 Å². The largest absolute Gasteiger partial charge is 0.504 e. The van der Waals surface area contributed by atoms with Crippen molar-refractivity contribution in [1.82, 2.24) is 0 Å². The van der Waals surface area contributed by atoms with Crippen LogP contribution in [0.25, 0.3) is 32.3 Å². The van der Waals surface area contributed by atoms with Crippen LogP contribution in [0.5, 0.6) is 23.0 Å². The molecule has 0 aromatic heterocycles. The van der Waals surface area contributed by atoms with Crippen LogP contribution in [0.15, 0.2) is 42.5 Å². The molecule has 0 fully saturated rings. The van der Waals surface area contributed by atoms with Crippen LogP contribution in [0, 0.1) is 6.92 Å². The summed E-state index contributed by atoms with van der Waals surface area (Å²) in [6.07, 6.45) is 0. The summed E-state index contributed by atoms with van der Waals surface area (Å²) in [5.41, 5.74) is 0.889. The molecule has 0 saturated carbocycles. The first-order valence-electron chi connectivity index (χ1n) is 7.59. The van der Waals surface area contributed by atoms with Crippen molar-refractivity contribution in [2.75, 3.05) is 7.11 Å². The molecule has 0 aliphatic heterocycles. The van der Waals surface area contributed by atoms with Gasteiger partial charge in [-0.25, -0.2) is 0 Å². The fourth-order valence-corrected chi connectivity index (χ4v) is 3.45. The Balaban J connectivity index is 2.39. The third kappa shape index (κ3) is 1.80. The number of fused-ring (bicyclic) bond motifs is 5. The van der Waals surface area contributed by atoms with Crippen LogP contribution < -0.4 is 4.74 Å². The van der Waals surface area contributed by atoms with Gasteiger partial charge >= 0.3 is 0 Å². The Hall–Kier alpha value is -3.14. The van der Waals surface area contributed by atoms with E-state index >= 15 is 0 Å². The van der Waals surface area contributed by atoms with Crippen LogP contribution in [-0.4, -0.2) is 22.4 Å². The SMILES string of the molecule is COc1c(O)c2cc(C)c3cc(O)c(O)cc3c2c2ccccc12. The average molecular weight is 320 g/mol. The van der Waals surface area contributed by atoms with Crippen molar-refractivity contribution < 1.29 is 20.1 Å². The summed E-state index contributed by atoms with van der Waals surface area (Å²) in [6.45, 7) is 1.90. The van der Waals surface area contributed by atoms with Crippen LogP contribution >= 0.6 is 0 Å². The number of benzene rings is 4. The lowest BCUT2D eigenvalue weighted by atomic mass is 9.92. The minimum absolute atomic E-state index is 0.0729. The predicted molar refractivity (Wildman–Crippen MR) is 95.2 cm³/mol. The summed E-state index contributed by atoms with van der Waals surface area (Å²) in [7, 11) is 1.53. The molecule has 0 bridgehead atoms. The van der Waals surface area contributed by atoms with E-state index in [0.29, 0.717) is 11.1 Å². The van der Waals surface area contributed by atoms with Crippen molar-refractivity contribution in [3.63, 3.8) is 0 Å².